The van der Waals surface area contributed by atoms with Crippen molar-refractivity contribution in [2.24, 2.45) is 5.41 Å². The van der Waals surface area contributed by atoms with Crippen LogP contribution in [0.4, 0.5) is 0 Å². The maximum absolute atomic E-state index is 11.3. The second-order valence-corrected chi connectivity index (χ2v) is 8.20. The Labute approximate surface area is 155 Å². The van der Waals surface area contributed by atoms with Gasteiger partial charge in [0.1, 0.15) is 0 Å². The molecule has 0 saturated heterocycles. The van der Waals surface area contributed by atoms with Crippen molar-refractivity contribution in [3.63, 3.8) is 0 Å². The summed E-state index contributed by atoms with van der Waals surface area (Å²) in [4.78, 5) is 12.5. The lowest BCUT2D eigenvalue weighted by atomic mass is 9.72. The monoisotopic (exact) mass is 356 g/mol. The number of hydrogen-bond donors (Lipinski definition) is 0. The lowest BCUT2D eigenvalue weighted by Gasteiger charge is -2.32. The smallest absolute Gasteiger partial charge is 0.330 e. The highest BCUT2D eigenvalue weighted by molar-refractivity contribution is 7.11. The van der Waals surface area contributed by atoms with Gasteiger partial charge in [-0.25, -0.2) is 4.79 Å². The molecule has 0 amide bonds. The first-order valence-electron chi connectivity index (χ1n) is 8.73. The predicted octanol–water partition coefficient (Wildman–Crippen LogP) is 6.42. The van der Waals surface area contributed by atoms with Crippen molar-refractivity contribution in [3.8, 4) is 0 Å². The molecule has 1 aromatic rings. The highest BCUT2D eigenvalue weighted by Crippen LogP contribution is 2.41. The van der Waals surface area contributed by atoms with Crippen LogP contribution in [0.3, 0.4) is 0 Å². The Morgan fingerprint density at radius 3 is 2.72 bits per heavy atom. The molecule has 0 spiro atoms. The molecule has 0 atom stereocenters. The average molecular weight is 357 g/mol. The molecule has 0 bridgehead atoms. The molecular formula is C22H28O2S. The van der Waals surface area contributed by atoms with Crippen molar-refractivity contribution in [2.75, 3.05) is 7.11 Å². The van der Waals surface area contributed by atoms with E-state index in [1.165, 1.54) is 54.0 Å². The van der Waals surface area contributed by atoms with E-state index in [2.05, 4.69) is 55.2 Å². The Bertz CT molecular complexity index is 742. The number of methoxy groups -OCH3 is 1. The number of carbonyl (C=O) groups is 1. The SMILES string of the molecule is COC(=O)C=C(C)C=Cc1ccsc1C=CC1=C(C)CCCC1(C)C. The van der Waals surface area contributed by atoms with Crippen LogP contribution in [0.2, 0.25) is 0 Å². The average Bonchev–Trinajstić information content (AvgIpc) is 2.99. The highest BCUT2D eigenvalue weighted by Gasteiger charge is 2.26. The third-order valence-corrected chi connectivity index (χ3v) is 5.64. The number of rotatable bonds is 5. The summed E-state index contributed by atoms with van der Waals surface area (Å²) in [7, 11) is 1.39. The standard InChI is InChI=1S/C22H28O2S/c1-16(15-21(23)24-5)8-9-18-12-14-25-20(18)11-10-19-17(2)7-6-13-22(19,3)4/h8-12,14-15H,6-7,13H2,1-5H3. The van der Waals surface area contributed by atoms with E-state index in [1.54, 1.807) is 11.3 Å². The maximum atomic E-state index is 11.3. The van der Waals surface area contributed by atoms with E-state index in [-0.39, 0.29) is 11.4 Å². The van der Waals surface area contributed by atoms with Crippen molar-refractivity contribution in [3.05, 3.63) is 56.8 Å². The Balaban J connectivity index is 2.19. The number of hydrogen-bond acceptors (Lipinski definition) is 3. The maximum Gasteiger partial charge on any atom is 0.330 e. The second kappa shape index (κ2) is 8.48. The molecule has 0 saturated carbocycles. The molecular weight excluding hydrogens is 328 g/mol. The molecule has 1 heterocycles. The van der Waals surface area contributed by atoms with Gasteiger partial charge in [-0.3, -0.25) is 0 Å². The molecule has 0 radical (unpaired) electrons. The van der Waals surface area contributed by atoms with Gasteiger partial charge in [0.25, 0.3) is 0 Å². The molecule has 0 aliphatic heterocycles. The molecule has 25 heavy (non-hydrogen) atoms. The van der Waals surface area contributed by atoms with Crippen LogP contribution >= 0.6 is 11.3 Å². The van der Waals surface area contributed by atoms with Gasteiger partial charge in [-0.05, 0) is 72.8 Å². The lowest BCUT2D eigenvalue weighted by molar-refractivity contribution is -0.134. The normalized spacial score (nSPS) is 18.4. The first-order chi connectivity index (χ1) is 11.8. The fraction of sp³-hybridized carbons (Fsp3) is 0.409. The molecule has 3 heteroatoms. The zero-order valence-electron chi connectivity index (χ0n) is 15.9. The van der Waals surface area contributed by atoms with E-state index in [1.807, 2.05) is 13.0 Å². The van der Waals surface area contributed by atoms with Gasteiger partial charge in [-0.15, -0.1) is 11.3 Å². The summed E-state index contributed by atoms with van der Waals surface area (Å²) in [6.07, 6.45) is 13.8. The Morgan fingerprint density at radius 2 is 2.04 bits per heavy atom. The minimum absolute atomic E-state index is 0.256. The van der Waals surface area contributed by atoms with E-state index in [0.29, 0.717) is 0 Å². The lowest BCUT2D eigenvalue weighted by Crippen LogP contribution is -2.18. The van der Waals surface area contributed by atoms with Gasteiger partial charge >= 0.3 is 5.97 Å². The van der Waals surface area contributed by atoms with Gasteiger partial charge < -0.3 is 4.74 Å². The first kappa shape index (κ1) is 19.5. The van der Waals surface area contributed by atoms with E-state index in [4.69, 9.17) is 0 Å². The van der Waals surface area contributed by atoms with E-state index >= 15 is 0 Å². The van der Waals surface area contributed by atoms with Gasteiger partial charge in [-0.2, -0.15) is 0 Å². The third-order valence-electron chi connectivity index (χ3n) is 4.74. The highest BCUT2D eigenvalue weighted by atomic mass is 32.1. The molecule has 0 fully saturated rings. The summed E-state index contributed by atoms with van der Waals surface area (Å²) in [6.45, 7) is 8.84. The van der Waals surface area contributed by atoms with Crippen molar-refractivity contribution in [2.45, 2.75) is 47.0 Å². The number of ether oxygens (including phenoxy) is 1. The molecule has 1 aliphatic carbocycles. The fourth-order valence-corrected chi connectivity index (χ4v) is 4.07. The molecule has 1 aliphatic rings. The van der Waals surface area contributed by atoms with Crippen molar-refractivity contribution < 1.29 is 9.53 Å². The van der Waals surface area contributed by atoms with Gasteiger partial charge in [0, 0.05) is 11.0 Å². The van der Waals surface area contributed by atoms with Crippen LogP contribution in [-0.4, -0.2) is 13.1 Å². The summed E-state index contributed by atoms with van der Waals surface area (Å²) >= 11 is 1.74. The third kappa shape index (κ3) is 5.30. The van der Waals surface area contributed by atoms with Crippen molar-refractivity contribution >= 4 is 29.5 Å². The van der Waals surface area contributed by atoms with Gasteiger partial charge in [-0.1, -0.05) is 37.6 Å². The second-order valence-electron chi connectivity index (χ2n) is 7.25. The fourth-order valence-electron chi connectivity index (χ4n) is 3.29. The molecule has 0 aromatic carbocycles. The van der Waals surface area contributed by atoms with E-state index in [9.17, 15) is 4.79 Å². The molecule has 134 valence electrons. The van der Waals surface area contributed by atoms with Crippen molar-refractivity contribution in [1.82, 2.24) is 0 Å². The molecule has 0 N–H and O–H groups in total. The summed E-state index contributed by atoms with van der Waals surface area (Å²) in [5, 5.41) is 2.10. The van der Waals surface area contributed by atoms with Crippen molar-refractivity contribution in [1.29, 1.82) is 0 Å². The summed E-state index contributed by atoms with van der Waals surface area (Å²) in [6, 6.07) is 2.11. The summed E-state index contributed by atoms with van der Waals surface area (Å²) < 4.78 is 4.65. The number of carbonyl (C=O) groups excluding carboxylic acids is 1. The van der Waals surface area contributed by atoms with Crippen LogP contribution in [-0.2, 0) is 9.53 Å². The predicted molar refractivity (Wildman–Crippen MR) is 108 cm³/mol. The van der Waals surface area contributed by atoms with Crippen LogP contribution in [0.25, 0.3) is 12.2 Å². The largest absolute Gasteiger partial charge is 0.466 e. The number of esters is 1. The van der Waals surface area contributed by atoms with Crippen LogP contribution < -0.4 is 0 Å². The van der Waals surface area contributed by atoms with Crippen LogP contribution in [0, 0.1) is 5.41 Å². The summed E-state index contributed by atoms with van der Waals surface area (Å²) in [5.41, 5.74) is 5.29. The van der Waals surface area contributed by atoms with Crippen LogP contribution in [0.1, 0.15) is 57.4 Å². The van der Waals surface area contributed by atoms with Crippen LogP contribution in [0.5, 0.6) is 0 Å². The van der Waals surface area contributed by atoms with E-state index in [0.717, 1.165) is 5.57 Å². The first-order valence-corrected chi connectivity index (χ1v) is 9.61. The quantitative estimate of drug-likeness (QED) is 0.346. The Hall–Kier alpha value is -1.87. The van der Waals surface area contributed by atoms with Crippen LogP contribution in [0.15, 0.2) is 46.4 Å². The zero-order chi connectivity index (χ0) is 18.4. The van der Waals surface area contributed by atoms with Gasteiger partial charge in [0.15, 0.2) is 0 Å². The molecule has 2 rings (SSSR count). The van der Waals surface area contributed by atoms with Gasteiger partial charge in [0.05, 0.1) is 7.11 Å². The van der Waals surface area contributed by atoms with E-state index < -0.39 is 0 Å². The topological polar surface area (TPSA) is 26.3 Å². The molecule has 0 unspecified atom stereocenters. The molecule has 1 aromatic heterocycles. The minimum atomic E-state index is -0.325. The summed E-state index contributed by atoms with van der Waals surface area (Å²) in [5.74, 6) is -0.325. The minimum Gasteiger partial charge on any atom is -0.466 e. The van der Waals surface area contributed by atoms with Gasteiger partial charge in [0.2, 0.25) is 0 Å². The Morgan fingerprint density at radius 1 is 1.28 bits per heavy atom. The molecule has 2 nitrogen and oxygen atoms in total. The number of thiophene rings is 1. The Kier molecular flexibility index (Phi) is 6.60. The number of allylic oxidation sites excluding steroid dienone is 5. The zero-order valence-corrected chi connectivity index (χ0v) is 16.7.